The van der Waals surface area contributed by atoms with Crippen LogP contribution in [0.25, 0.3) is 0 Å². The van der Waals surface area contributed by atoms with Crippen molar-refractivity contribution in [2.24, 2.45) is 5.84 Å². The van der Waals surface area contributed by atoms with Crippen LogP contribution in [-0.2, 0) is 47.6 Å². The van der Waals surface area contributed by atoms with E-state index in [1.54, 1.807) is 6.92 Å². The van der Waals surface area contributed by atoms with E-state index in [0.29, 0.717) is 13.2 Å². The molecular formula is C18H33N3O10. The number of amides is 1. The topological polar surface area (TPSA) is 174 Å². The van der Waals surface area contributed by atoms with Gasteiger partial charge in [-0.25, -0.2) is 0 Å². The molecule has 3 atom stereocenters. The van der Waals surface area contributed by atoms with E-state index < -0.39 is 48.5 Å². The zero-order valence-corrected chi connectivity index (χ0v) is 18.5. The minimum absolute atomic E-state index is 0.0124. The summed E-state index contributed by atoms with van der Waals surface area (Å²) in [6.45, 7) is 7.09. The number of nitrogens with two attached hydrogens (primary N) is 1. The molecule has 0 heterocycles. The van der Waals surface area contributed by atoms with E-state index in [-0.39, 0.29) is 19.8 Å². The maximum atomic E-state index is 11.8. The highest BCUT2D eigenvalue weighted by Crippen LogP contribution is 2.15. The van der Waals surface area contributed by atoms with Crippen LogP contribution in [0.2, 0.25) is 0 Å². The van der Waals surface area contributed by atoms with E-state index >= 15 is 0 Å². The van der Waals surface area contributed by atoms with Crippen LogP contribution in [0.15, 0.2) is 0 Å². The first-order valence-electron chi connectivity index (χ1n) is 9.60. The summed E-state index contributed by atoms with van der Waals surface area (Å²) in [4.78, 5) is 45.8. The van der Waals surface area contributed by atoms with Gasteiger partial charge in [0.05, 0.1) is 25.9 Å². The summed E-state index contributed by atoms with van der Waals surface area (Å²) >= 11 is 0. The molecule has 1 amide bonds. The molecule has 4 N–H and O–H groups in total. The number of rotatable bonds is 16. The monoisotopic (exact) mass is 451 g/mol. The molecular weight excluding hydrogens is 418 g/mol. The van der Waals surface area contributed by atoms with Gasteiger partial charge >= 0.3 is 17.9 Å². The number of carbonyl (C=O) groups is 4. The molecule has 0 aliphatic heterocycles. The van der Waals surface area contributed by atoms with Gasteiger partial charge in [-0.1, -0.05) is 0 Å². The lowest BCUT2D eigenvalue weighted by molar-refractivity contribution is -0.241. The van der Waals surface area contributed by atoms with Crippen molar-refractivity contribution >= 4 is 23.8 Å². The first kappa shape index (κ1) is 28.7. The third-order valence-corrected chi connectivity index (χ3v) is 3.31. The van der Waals surface area contributed by atoms with Crippen molar-refractivity contribution in [1.82, 2.24) is 10.7 Å². The highest BCUT2D eigenvalue weighted by atomic mass is 16.7. The molecule has 0 saturated heterocycles. The number of hydrogen-bond acceptors (Lipinski definition) is 12. The van der Waals surface area contributed by atoms with Crippen LogP contribution in [0, 0.1) is 0 Å². The summed E-state index contributed by atoms with van der Waals surface area (Å²) in [5, 5.41) is 2.50. The fourth-order valence-corrected chi connectivity index (χ4v) is 2.18. The molecule has 0 aromatic carbocycles. The Hall–Kier alpha value is -2.32. The third kappa shape index (κ3) is 15.2. The van der Waals surface area contributed by atoms with Gasteiger partial charge in [-0.2, -0.15) is 0 Å². The van der Waals surface area contributed by atoms with Gasteiger partial charge in [0.2, 0.25) is 5.91 Å². The van der Waals surface area contributed by atoms with Crippen molar-refractivity contribution in [1.29, 1.82) is 0 Å². The predicted molar refractivity (Wildman–Crippen MR) is 105 cm³/mol. The molecule has 0 aromatic rings. The summed E-state index contributed by atoms with van der Waals surface area (Å²) in [6.07, 6.45) is -3.47. The Kier molecular flexibility index (Phi) is 15.2. The molecule has 13 nitrogen and oxygen atoms in total. The largest absolute Gasteiger partial charge is 0.463 e. The Labute approximate surface area is 181 Å². The van der Waals surface area contributed by atoms with Crippen molar-refractivity contribution in [3.63, 3.8) is 0 Å². The van der Waals surface area contributed by atoms with Gasteiger partial charge in [-0.3, -0.25) is 30.4 Å². The number of ether oxygens (including phenoxy) is 6. The Balaban J connectivity index is 5.48. The number of hydrogen-bond donors (Lipinski definition) is 3. The SMILES string of the molecule is CC(=O)NC(C(OC(C)=O)OC(C)=O)C(OCCOCCNN)OC(C)COC(C)=O. The van der Waals surface area contributed by atoms with Gasteiger partial charge in [-0.05, 0) is 6.92 Å². The highest BCUT2D eigenvalue weighted by molar-refractivity contribution is 5.73. The maximum Gasteiger partial charge on any atom is 0.305 e. The van der Waals surface area contributed by atoms with E-state index in [1.807, 2.05) is 0 Å². The van der Waals surface area contributed by atoms with Crippen LogP contribution in [0.1, 0.15) is 34.6 Å². The quantitative estimate of drug-likeness (QED) is 0.0836. The number of esters is 3. The van der Waals surface area contributed by atoms with E-state index in [9.17, 15) is 19.2 Å². The van der Waals surface area contributed by atoms with Crippen molar-refractivity contribution < 1.29 is 47.6 Å². The average Bonchev–Trinajstić information content (AvgIpc) is 2.65. The normalized spacial score (nSPS) is 13.8. The molecule has 0 rings (SSSR count). The summed E-state index contributed by atoms with van der Waals surface area (Å²) in [5.74, 6) is 2.61. The van der Waals surface area contributed by atoms with Crippen molar-refractivity contribution in [2.45, 2.75) is 59.3 Å². The lowest BCUT2D eigenvalue weighted by atomic mass is 10.2. The first-order chi connectivity index (χ1) is 14.6. The van der Waals surface area contributed by atoms with Gasteiger partial charge < -0.3 is 33.7 Å². The van der Waals surface area contributed by atoms with Crippen LogP contribution < -0.4 is 16.6 Å². The molecule has 0 aliphatic carbocycles. The number of hydrazine groups is 1. The Bertz CT molecular complexity index is 559. The molecule has 13 heteroatoms. The molecule has 31 heavy (non-hydrogen) atoms. The van der Waals surface area contributed by atoms with Crippen LogP contribution in [0.3, 0.4) is 0 Å². The van der Waals surface area contributed by atoms with Crippen molar-refractivity contribution in [3.8, 4) is 0 Å². The second kappa shape index (κ2) is 16.4. The molecule has 0 saturated carbocycles. The lowest BCUT2D eigenvalue weighted by Crippen LogP contribution is -2.55. The smallest absolute Gasteiger partial charge is 0.305 e. The van der Waals surface area contributed by atoms with Gasteiger partial charge in [-0.15, -0.1) is 0 Å². The fraction of sp³-hybridized carbons (Fsp3) is 0.778. The standard InChI is InChI=1S/C18H33N3O10/c1-11(10-28-13(3)23)29-17(27-9-8-26-7-6-20-19)16(21-12(2)22)18(30-14(4)24)31-15(5)25/h11,16-18,20H,6-10,19H2,1-5H3,(H,21,22). The molecule has 0 spiro atoms. The Morgan fingerprint density at radius 3 is 1.97 bits per heavy atom. The maximum absolute atomic E-state index is 11.8. The molecule has 0 fully saturated rings. The zero-order valence-electron chi connectivity index (χ0n) is 18.5. The molecule has 0 bridgehead atoms. The number of nitrogens with one attached hydrogen (secondary N) is 2. The fourth-order valence-electron chi connectivity index (χ4n) is 2.18. The molecule has 180 valence electrons. The van der Waals surface area contributed by atoms with Gasteiger partial charge in [0.15, 0.2) is 12.3 Å². The van der Waals surface area contributed by atoms with Crippen LogP contribution >= 0.6 is 0 Å². The third-order valence-electron chi connectivity index (χ3n) is 3.31. The van der Waals surface area contributed by atoms with Crippen molar-refractivity contribution in [2.75, 3.05) is 33.0 Å². The lowest BCUT2D eigenvalue weighted by Gasteiger charge is -2.33. The highest BCUT2D eigenvalue weighted by Gasteiger charge is 2.37. The molecule has 0 radical (unpaired) electrons. The first-order valence-corrected chi connectivity index (χ1v) is 9.60. The van der Waals surface area contributed by atoms with Crippen LogP contribution in [0.4, 0.5) is 0 Å². The number of carbonyl (C=O) groups excluding carboxylic acids is 4. The summed E-state index contributed by atoms with van der Waals surface area (Å²) in [6, 6.07) is -1.23. The summed E-state index contributed by atoms with van der Waals surface area (Å²) in [7, 11) is 0. The van der Waals surface area contributed by atoms with Gasteiger partial charge in [0, 0.05) is 34.2 Å². The Morgan fingerprint density at radius 1 is 0.871 bits per heavy atom. The molecule has 0 aromatic heterocycles. The van der Waals surface area contributed by atoms with Crippen molar-refractivity contribution in [3.05, 3.63) is 0 Å². The van der Waals surface area contributed by atoms with Gasteiger partial charge in [0.1, 0.15) is 6.61 Å². The van der Waals surface area contributed by atoms with Gasteiger partial charge in [0.25, 0.3) is 6.29 Å². The second-order valence-electron chi connectivity index (χ2n) is 6.37. The molecule has 3 unspecified atom stereocenters. The van der Waals surface area contributed by atoms with E-state index in [0.717, 1.165) is 13.8 Å². The van der Waals surface area contributed by atoms with E-state index in [2.05, 4.69) is 10.7 Å². The average molecular weight is 451 g/mol. The predicted octanol–water partition coefficient (Wildman–Crippen LogP) is -1.27. The second-order valence-corrected chi connectivity index (χ2v) is 6.37. The van der Waals surface area contributed by atoms with Crippen LogP contribution in [0.5, 0.6) is 0 Å². The van der Waals surface area contributed by atoms with Crippen LogP contribution in [-0.4, -0.2) is 81.5 Å². The van der Waals surface area contributed by atoms with E-state index in [4.69, 9.17) is 34.3 Å². The molecule has 0 aliphatic rings. The minimum atomic E-state index is -1.54. The summed E-state index contributed by atoms with van der Waals surface area (Å²) < 4.78 is 31.7. The summed E-state index contributed by atoms with van der Waals surface area (Å²) in [5.41, 5.74) is 2.43. The Morgan fingerprint density at radius 2 is 1.48 bits per heavy atom. The van der Waals surface area contributed by atoms with E-state index in [1.165, 1.54) is 13.8 Å². The zero-order chi connectivity index (χ0) is 23.8. The minimum Gasteiger partial charge on any atom is -0.463 e.